The van der Waals surface area contributed by atoms with E-state index in [0.717, 1.165) is 0 Å². The number of hydrogen-bond acceptors (Lipinski definition) is 8. The predicted molar refractivity (Wildman–Crippen MR) is 128 cm³/mol. The van der Waals surface area contributed by atoms with Crippen molar-refractivity contribution in [2.45, 2.75) is 24.7 Å². The van der Waals surface area contributed by atoms with Gasteiger partial charge >= 0.3 is 11.9 Å². The Bertz CT molecular complexity index is 1470. The van der Waals surface area contributed by atoms with Crippen LogP contribution in [0.4, 0.5) is 0 Å². The average molecular weight is 529 g/mol. The number of carbonyl (C=O) groups is 2. The van der Waals surface area contributed by atoms with E-state index in [4.69, 9.17) is 37.4 Å². The molecule has 4 aromatic rings. The molecular formula is C24H18Cl2N4O6. The Hall–Kier alpha value is -3.73. The predicted octanol–water partition coefficient (Wildman–Crippen LogP) is 3.64. The lowest BCUT2D eigenvalue weighted by Gasteiger charge is -2.19. The van der Waals surface area contributed by atoms with E-state index >= 15 is 0 Å². The van der Waals surface area contributed by atoms with Crippen molar-refractivity contribution in [1.29, 1.82) is 0 Å². The maximum absolute atomic E-state index is 12.8. The number of aromatic nitrogens is 4. The van der Waals surface area contributed by atoms with E-state index in [1.54, 1.807) is 54.7 Å². The van der Waals surface area contributed by atoms with Gasteiger partial charge in [0.15, 0.2) is 5.82 Å². The second-order valence-electron chi connectivity index (χ2n) is 8.00. The zero-order chi connectivity index (χ0) is 25.2. The van der Waals surface area contributed by atoms with Crippen LogP contribution in [0.2, 0.25) is 10.0 Å². The maximum Gasteiger partial charge on any atom is 0.338 e. The van der Waals surface area contributed by atoms with Gasteiger partial charge in [-0.05, 0) is 48.5 Å². The molecule has 1 aliphatic rings. The molecule has 1 fully saturated rings. The van der Waals surface area contributed by atoms with Crippen LogP contribution in [0, 0.1) is 0 Å². The Morgan fingerprint density at radius 1 is 1.00 bits per heavy atom. The molecule has 5 rings (SSSR count). The van der Waals surface area contributed by atoms with Crippen molar-refractivity contribution in [3.8, 4) is 0 Å². The summed E-state index contributed by atoms with van der Waals surface area (Å²) in [6, 6.07) is 12.5. The minimum absolute atomic E-state index is 0.100. The van der Waals surface area contributed by atoms with E-state index in [-0.39, 0.29) is 18.7 Å². The van der Waals surface area contributed by atoms with Crippen molar-refractivity contribution < 1.29 is 23.8 Å². The minimum atomic E-state index is -0.795. The van der Waals surface area contributed by atoms with Crippen LogP contribution in [0.1, 0.15) is 39.1 Å². The number of nitrogens with zero attached hydrogens (tertiary/aromatic N) is 3. The van der Waals surface area contributed by atoms with Crippen LogP contribution in [-0.4, -0.2) is 50.3 Å². The van der Waals surface area contributed by atoms with E-state index in [1.165, 1.54) is 10.6 Å². The standard InChI is InChI=1S/C24H18Cl2N4O6/c25-15-5-1-13(2-6-15)23(32)34-12-19-17(36-24(33)14-3-7-16(26)8-4-14)11-18(35-19)20-28-29-21-22(31)27-9-10-30(20)21/h1-10,17-19H,11-12H2,(H,27,31)/t17?,18-,19-/m1/s1. The molecule has 1 saturated heterocycles. The lowest BCUT2D eigenvalue weighted by atomic mass is 10.1. The highest BCUT2D eigenvalue weighted by molar-refractivity contribution is 6.31. The highest BCUT2D eigenvalue weighted by Crippen LogP contribution is 2.34. The molecule has 0 bridgehead atoms. The Morgan fingerprint density at radius 3 is 2.31 bits per heavy atom. The summed E-state index contributed by atoms with van der Waals surface area (Å²) in [5, 5.41) is 8.99. The van der Waals surface area contributed by atoms with Gasteiger partial charge in [0.2, 0.25) is 5.65 Å². The van der Waals surface area contributed by atoms with E-state index < -0.39 is 35.8 Å². The molecule has 36 heavy (non-hydrogen) atoms. The number of halogens is 2. The summed E-state index contributed by atoms with van der Waals surface area (Å²) in [4.78, 5) is 39.9. The van der Waals surface area contributed by atoms with Crippen LogP contribution in [0.3, 0.4) is 0 Å². The van der Waals surface area contributed by atoms with Crippen LogP contribution in [-0.2, 0) is 14.2 Å². The molecule has 1 aliphatic heterocycles. The topological polar surface area (TPSA) is 125 Å². The van der Waals surface area contributed by atoms with Gasteiger partial charge in [-0.2, -0.15) is 0 Å². The van der Waals surface area contributed by atoms with Crippen molar-refractivity contribution in [3.63, 3.8) is 0 Å². The third-order valence-corrected chi connectivity index (χ3v) is 6.15. The number of esters is 2. The molecule has 0 aliphatic carbocycles. The second kappa shape index (κ2) is 10.1. The van der Waals surface area contributed by atoms with Gasteiger partial charge in [0.25, 0.3) is 5.56 Å². The number of H-pyrrole nitrogens is 1. The van der Waals surface area contributed by atoms with Crippen molar-refractivity contribution in [2.75, 3.05) is 6.61 Å². The second-order valence-corrected chi connectivity index (χ2v) is 8.87. The van der Waals surface area contributed by atoms with Gasteiger partial charge in [0.1, 0.15) is 24.9 Å². The van der Waals surface area contributed by atoms with Gasteiger partial charge < -0.3 is 19.2 Å². The van der Waals surface area contributed by atoms with Gasteiger partial charge in [-0.25, -0.2) is 9.59 Å². The van der Waals surface area contributed by atoms with Gasteiger partial charge in [0, 0.05) is 28.9 Å². The molecule has 1 unspecified atom stereocenters. The summed E-state index contributed by atoms with van der Waals surface area (Å²) in [7, 11) is 0. The summed E-state index contributed by atoms with van der Waals surface area (Å²) in [5.74, 6) is -0.811. The molecule has 0 spiro atoms. The normalized spacial score (nSPS) is 19.3. The zero-order valence-corrected chi connectivity index (χ0v) is 20.0. The molecule has 2 aromatic heterocycles. The Balaban J connectivity index is 1.36. The molecule has 3 heterocycles. The summed E-state index contributed by atoms with van der Waals surface area (Å²) in [6.45, 7) is -0.187. The van der Waals surface area contributed by atoms with E-state index in [9.17, 15) is 14.4 Å². The van der Waals surface area contributed by atoms with Crippen LogP contribution < -0.4 is 5.56 Å². The number of carbonyl (C=O) groups excluding carboxylic acids is 2. The first-order chi connectivity index (χ1) is 17.4. The summed E-state index contributed by atoms with van der Waals surface area (Å²) in [6.07, 6.45) is 1.01. The highest BCUT2D eigenvalue weighted by Gasteiger charge is 2.41. The molecule has 0 saturated carbocycles. The van der Waals surface area contributed by atoms with Crippen molar-refractivity contribution in [3.05, 3.63) is 98.3 Å². The van der Waals surface area contributed by atoms with Crippen molar-refractivity contribution >= 4 is 40.8 Å². The Labute approximate surface area is 213 Å². The number of nitrogens with one attached hydrogen (secondary N) is 1. The smallest absolute Gasteiger partial charge is 0.338 e. The van der Waals surface area contributed by atoms with E-state index in [1.807, 2.05) is 0 Å². The van der Waals surface area contributed by atoms with Gasteiger partial charge in [-0.1, -0.05) is 23.2 Å². The van der Waals surface area contributed by atoms with Crippen LogP contribution >= 0.6 is 23.2 Å². The lowest BCUT2D eigenvalue weighted by Crippen LogP contribution is -2.32. The summed E-state index contributed by atoms with van der Waals surface area (Å²) < 4.78 is 18.8. The molecule has 0 amide bonds. The van der Waals surface area contributed by atoms with Gasteiger partial charge in [-0.15, -0.1) is 10.2 Å². The monoisotopic (exact) mass is 528 g/mol. The van der Waals surface area contributed by atoms with E-state index in [2.05, 4.69) is 15.2 Å². The lowest BCUT2D eigenvalue weighted by molar-refractivity contribution is -0.0441. The molecule has 0 radical (unpaired) electrons. The molecule has 2 aromatic carbocycles. The number of aromatic amines is 1. The van der Waals surface area contributed by atoms with Gasteiger partial charge in [0.05, 0.1) is 11.1 Å². The molecule has 1 N–H and O–H groups in total. The summed E-state index contributed by atoms with van der Waals surface area (Å²) >= 11 is 11.8. The van der Waals surface area contributed by atoms with E-state index in [0.29, 0.717) is 27.0 Å². The number of ether oxygens (including phenoxy) is 3. The third-order valence-electron chi connectivity index (χ3n) is 5.65. The fraction of sp³-hybridized carbons (Fsp3) is 0.208. The first-order valence-corrected chi connectivity index (χ1v) is 11.6. The quantitative estimate of drug-likeness (QED) is 0.376. The zero-order valence-electron chi connectivity index (χ0n) is 18.5. The number of fused-ring (bicyclic) bond motifs is 1. The molecule has 184 valence electrons. The molecule has 10 nitrogen and oxygen atoms in total. The summed E-state index contributed by atoms with van der Waals surface area (Å²) in [5.41, 5.74) is 0.308. The van der Waals surface area contributed by atoms with Crippen LogP contribution in [0.5, 0.6) is 0 Å². The molecule has 3 atom stereocenters. The van der Waals surface area contributed by atoms with Gasteiger partial charge in [-0.3, -0.25) is 9.20 Å². The first kappa shape index (κ1) is 24.0. The molecular weight excluding hydrogens is 511 g/mol. The highest BCUT2D eigenvalue weighted by atomic mass is 35.5. The number of hydrogen-bond donors (Lipinski definition) is 1. The minimum Gasteiger partial charge on any atom is -0.459 e. The maximum atomic E-state index is 12.8. The SMILES string of the molecule is O=C(OC[C@H]1O[C@@H](c2nnc3c(=O)[nH]ccn23)CC1OC(=O)c1ccc(Cl)cc1)c1ccc(Cl)cc1. The fourth-order valence-electron chi connectivity index (χ4n) is 3.85. The third kappa shape index (κ3) is 4.97. The Kier molecular flexibility index (Phi) is 6.73. The van der Waals surface area contributed by atoms with Crippen LogP contribution in [0.25, 0.3) is 5.65 Å². The van der Waals surface area contributed by atoms with Crippen LogP contribution in [0.15, 0.2) is 65.7 Å². The largest absolute Gasteiger partial charge is 0.459 e. The molecule has 12 heteroatoms. The number of benzene rings is 2. The Morgan fingerprint density at radius 2 is 1.64 bits per heavy atom. The average Bonchev–Trinajstić information content (AvgIpc) is 3.48. The fourth-order valence-corrected chi connectivity index (χ4v) is 4.10. The van der Waals surface area contributed by atoms with Crippen molar-refractivity contribution in [2.24, 2.45) is 0 Å². The number of rotatable bonds is 6. The first-order valence-electron chi connectivity index (χ1n) is 10.9. The van der Waals surface area contributed by atoms with Crippen molar-refractivity contribution in [1.82, 2.24) is 19.6 Å².